The Hall–Kier alpha value is -3.36. The molecule has 2 aromatic heterocycles. The summed E-state index contributed by atoms with van der Waals surface area (Å²) in [5, 5.41) is 4.58. The lowest BCUT2D eigenvalue weighted by atomic mass is 10.2. The van der Waals surface area contributed by atoms with Gasteiger partial charge in [0.25, 0.3) is 11.8 Å². The standard InChI is InChI=1S/C20H15BrN4O3/c21-14(10-19(26)25-22)16-8-12-7-13(5-6-15(12)24-16)23-20(27)18-9-11-3-1-2-4-17(11)28-18/h1-10,24H,22H2,(H,23,27)(H,25,26)/b14-10-. The minimum absolute atomic E-state index is 0.245. The molecule has 0 radical (unpaired) electrons. The van der Waals surface area contributed by atoms with E-state index in [9.17, 15) is 9.59 Å². The lowest BCUT2D eigenvalue weighted by Crippen LogP contribution is -2.28. The number of nitrogens with one attached hydrogen (secondary N) is 3. The van der Waals surface area contributed by atoms with Crippen molar-refractivity contribution >= 4 is 59.8 Å². The van der Waals surface area contributed by atoms with E-state index in [1.54, 1.807) is 12.1 Å². The number of anilines is 1. The third-order valence-corrected chi connectivity index (χ3v) is 4.84. The van der Waals surface area contributed by atoms with Gasteiger partial charge in [-0.25, -0.2) is 5.84 Å². The number of para-hydroxylation sites is 1. The summed E-state index contributed by atoms with van der Waals surface area (Å²) in [6.07, 6.45) is 1.33. The highest BCUT2D eigenvalue weighted by Crippen LogP contribution is 2.27. The van der Waals surface area contributed by atoms with E-state index in [0.29, 0.717) is 21.4 Å². The highest BCUT2D eigenvalue weighted by atomic mass is 79.9. The van der Waals surface area contributed by atoms with Gasteiger partial charge in [-0.05, 0) is 52.3 Å². The number of aromatic nitrogens is 1. The topological polar surface area (TPSA) is 113 Å². The molecule has 0 fully saturated rings. The van der Waals surface area contributed by atoms with Gasteiger partial charge >= 0.3 is 0 Å². The van der Waals surface area contributed by atoms with Crippen LogP contribution in [0.15, 0.2) is 65.1 Å². The molecule has 0 unspecified atom stereocenters. The zero-order valence-electron chi connectivity index (χ0n) is 14.5. The quantitative estimate of drug-likeness (QED) is 0.167. The molecule has 7 nitrogen and oxygen atoms in total. The molecule has 0 atom stereocenters. The highest BCUT2D eigenvalue weighted by Gasteiger charge is 2.13. The number of hydrogen-bond acceptors (Lipinski definition) is 4. The molecule has 0 spiro atoms. The molecule has 140 valence electrons. The third kappa shape index (κ3) is 3.55. The summed E-state index contributed by atoms with van der Waals surface area (Å²) in [5.74, 6) is 4.58. The van der Waals surface area contributed by atoms with E-state index in [0.717, 1.165) is 16.3 Å². The van der Waals surface area contributed by atoms with Gasteiger partial charge in [-0.2, -0.15) is 0 Å². The predicted molar refractivity (Wildman–Crippen MR) is 112 cm³/mol. The average molecular weight is 439 g/mol. The number of benzene rings is 2. The summed E-state index contributed by atoms with van der Waals surface area (Å²) in [7, 11) is 0. The monoisotopic (exact) mass is 438 g/mol. The number of furan rings is 1. The van der Waals surface area contributed by atoms with Crippen molar-refractivity contribution in [1.29, 1.82) is 0 Å². The number of carbonyl (C=O) groups is 2. The number of amides is 2. The fraction of sp³-hybridized carbons (Fsp3) is 0. The van der Waals surface area contributed by atoms with Crippen molar-refractivity contribution in [2.75, 3.05) is 5.32 Å². The first-order valence-electron chi connectivity index (χ1n) is 8.34. The van der Waals surface area contributed by atoms with E-state index in [2.05, 4.69) is 26.2 Å². The zero-order chi connectivity index (χ0) is 19.7. The molecule has 2 amide bonds. The number of hydrazine groups is 1. The second-order valence-corrected chi connectivity index (χ2v) is 6.94. The Labute approximate surface area is 167 Å². The van der Waals surface area contributed by atoms with Crippen LogP contribution in [0.4, 0.5) is 5.69 Å². The normalized spacial score (nSPS) is 11.7. The summed E-state index contributed by atoms with van der Waals surface area (Å²) in [6.45, 7) is 0. The second kappa shape index (κ2) is 7.34. The van der Waals surface area contributed by atoms with Crippen molar-refractivity contribution in [3.63, 3.8) is 0 Å². The largest absolute Gasteiger partial charge is 0.451 e. The Morgan fingerprint density at radius 3 is 2.68 bits per heavy atom. The molecule has 0 saturated heterocycles. The van der Waals surface area contributed by atoms with E-state index >= 15 is 0 Å². The van der Waals surface area contributed by atoms with Crippen LogP contribution in [0.1, 0.15) is 16.2 Å². The SMILES string of the molecule is NNC(=O)/C=C(\Br)c1cc2cc(NC(=O)c3cc4ccccc4o3)ccc2[nH]1. The van der Waals surface area contributed by atoms with E-state index in [1.807, 2.05) is 47.9 Å². The number of H-pyrrole nitrogens is 1. The summed E-state index contributed by atoms with van der Waals surface area (Å²) >= 11 is 3.34. The van der Waals surface area contributed by atoms with Gasteiger partial charge in [-0.15, -0.1) is 0 Å². The first kappa shape index (κ1) is 18.0. The molecule has 5 N–H and O–H groups in total. The number of hydrogen-bond donors (Lipinski definition) is 4. The maximum absolute atomic E-state index is 12.5. The molecule has 0 aliphatic rings. The van der Waals surface area contributed by atoms with Crippen molar-refractivity contribution < 1.29 is 14.0 Å². The summed E-state index contributed by atoms with van der Waals surface area (Å²) < 4.78 is 6.15. The Morgan fingerprint density at radius 1 is 1.07 bits per heavy atom. The van der Waals surface area contributed by atoms with Crippen molar-refractivity contribution in [3.05, 3.63) is 72.1 Å². The molecule has 0 aliphatic heterocycles. The molecule has 2 aromatic carbocycles. The van der Waals surface area contributed by atoms with Crippen LogP contribution in [0.3, 0.4) is 0 Å². The van der Waals surface area contributed by atoms with Gasteiger partial charge in [-0.1, -0.05) is 18.2 Å². The van der Waals surface area contributed by atoms with Crippen LogP contribution in [0.5, 0.6) is 0 Å². The van der Waals surface area contributed by atoms with Gasteiger partial charge in [0.05, 0.1) is 5.69 Å². The molecular formula is C20H15BrN4O3. The van der Waals surface area contributed by atoms with Gasteiger partial charge in [-0.3, -0.25) is 15.0 Å². The Balaban J connectivity index is 1.58. The number of aromatic amines is 1. The number of carbonyl (C=O) groups excluding carboxylic acids is 2. The van der Waals surface area contributed by atoms with Crippen LogP contribution in [0, 0.1) is 0 Å². The Bertz CT molecular complexity index is 1210. The number of nitrogens with two attached hydrogens (primary N) is 1. The van der Waals surface area contributed by atoms with Crippen molar-refractivity contribution in [2.45, 2.75) is 0 Å². The van der Waals surface area contributed by atoms with Crippen LogP contribution in [-0.2, 0) is 4.79 Å². The van der Waals surface area contributed by atoms with Gasteiger partial charge in [0.1, 0.15) is 5.58 Å². The van der Waals surface area contributed by atoms with Crippen LogP contribution >= 0.6 is 15.9 Å². The first-order valence-corrected chi connectivity index (χ1v) is 9.13. The third-order valence-electron chi connectivity index (χ3n) is 4.19. The minimum Gasteiger partial charge on any atom is -0.451 e. The second-order valence-electron chi connectivity index (χ2n) is 6.09. The Kier molecular flexibility index (Phi) is 4.72. The molecule has 4 rings (SSSR count). The fourth-order valence-electron chi connectivity index (χ4n) is 2.86. The van der Waals surface area contributed by atoms with E-state index < -0.39 is 5.91 Å². The lowest BCUT2D eigenvalue weighted by molar-refractivity contribution is -0.116. The predicted octanol–water partition coefficient (Wildman–Crippen LogP) is 3.89. The van der Waals surface area contributed by atoms with E-state index in [1.165, 1.54) is 6.08 Å². The maximum atomic E-state index is 12.5. The molecule has 4 aromatic rings. The molecule has 8 heteroatoms. The summed E-state index contributed by atoms with van der Waals surface area (Å²) in [4.78, 5) is 27.1. The zero-order valence-corrected chi connectivity index (χ0v) is 16.0. The smallest absolute Gasteiger partial charge is 0.291 e. The summed E-state index contributed by atoms with van der Waals surface area (Å²) in [5.41, 5.74) is 4.90. The average Bonchev–Trinajstić information content (AvgIpc) is 3.31. The molecular weight excluding hydrogens is 424 g/mol. The van der Waals surface area contributed by atoms with Crippen molar-refractivity contribution in [1.82, 2.24) is 10.4 Å². The lowest BCUT2D eigenvalue weighted by Gasteiger charge is -2.03. The Morgan fingerprint density at radius 2 is 1.89 bits per heavy atom. The van der Waals surface area contributed by atoms with Crippen LogP contribution in [-0.4, -0.2) is 16.8 Å². The summed E-state index contributed by atoms with van der Waals surface area (Å²) in [6, 6.07) is 16.5. The molecule has 28 heavy (non-hydrogen) atoms. The minimum atomic E-state index is -0.427. The molecule has 0 bridgehead atoms. The van der Waals surface area contributed by atoms with Gasteiger partial charge in [0.15, 0.2) is 5.76 Å². The maximum Gasteiger partial charge on any atom is 0.291 e. The first-order chi connectivity index (χ1) is 13.5. The molecule has 0 aliphatic carbocycles. The fourth-order valence-corrected chi connectivity index (χ4v) is 3.28. The molecule has 0 saturated carbocycles. The highest BCUT2D eigenvalue weighted by molar-refractivity contribution is 9.15. The van der Waals surface area contributed by atoms with E-state index in [-0.39, 0.29) is 11.7 Å². The van der Waals surface area contributed by atoms with Crippen molar-refractivity contribution in [3.8, 4) is 0 Å². The van der Waals surface area contributed by atoms with Crippen LogP contribution in [0.25, 0.3) is 26.4 Å². The van der Waals surface area contributed by atoms with Crippen LogP contribution < -0.4 is 16.6 Å². The van der Waals surface area contributed by atoms with Gasteiger partial charge in [0.2, 0.25) is 0 Å². The molecule has 2 heterocycles. The van der Waals surface area contributed by atoms with Gasteiger partial charge in [0, 0.05) is 32.5 Å². The van der Waals surface area contributed by atoms with Crippen molar-refractivity contribution in [2.24, 2.45) is 5.84 Å². The number of fused-ring (bicyclic) bond motifs is 2. The van der Waals surface area contributed by atoms with Crippen LogP contribution in [0.2, 0.25) is 0 Å². The van der Waals surface area contributed by atoms with Gasteiger partial charge < -0.3 is 14.7 Å². The van der Waals surface area contributed by atoms with E-state index in [4.69, 9.17) is 10.3 Å². The number of rotatable bonds is 4. The number of halogens is 1.